The molecule has 0 spiro atoms. The molecule has 0 radical (unpaired) electrons. The molecule has 0 amide bonds. The van der Waals surface area contributed by atoms with Crippen LogP contribution in [0.1, 0.15) is 39.5 Å². The smallest absolute Gasteiger partial charge is 0.312 e. The van der Waals surface area contributed by atoms with Crippen LogP contribution in [0.15, 0.2) is 23.0 Å². The molecule has 0 aromatic rings. The summed E-state index contributed by atoms with van der Waals surface area (Å²) in [4.78, 5) is 37.7. The fourth-order valence-corrected chi connectivity index (χ4v) is 5.85. The van der Waals surface area contributed by atoms with Crippen molar-refractivity contribution in [2.75, 3.05) is 6.61 Å². The second kappa shape index (κ2) is 5.52. The number of rotatable bonds is 2. The van der Waals surface area contributed by atoms with Crippen LogP contribution in [0, 0.1) is 28.6 Å². The number of hydrogen-bond acceptors (Lipinski definition) is 6. The fourth-order valence-electron chi connectivity index (χ4n) is 5.85. The Bertz CT molecular complexity index is 760. The van der Waals surface area contributed by atoms with Gasteiger partial charge in [0.2, 0.25) is 5.78 Å². The Labute approximate surface area is 151 Å². The summed E-state index contributed by atoms with van der Waals surface area (Å²) in [5.74, 6) is -2.84. The molecule has 1 saturated heterocycles. The van der Waals surface area contributed by atoms with Gasteiger partial charge in [0.05, 0.1) is 17.9 Å². The number of carbonyl (C=O) groups is 3. The van der Waals surface area contributed by atoms with Crippen molar-refractivity contribution in [2.45, 2.75) is 45.6 Å². The van der Waals surface area contributed by atoms with E-state index in [1.54, 1.807) is 6.08 Å². The number of aliphatic hydroxyl groups is 2. The van der Waals surface area contributed by atoms with Gasteiger partial charge in [0.1, 0.15) is 12.4 Å². The number of hydrogen-bond donors (Lipinski definition) is 2. The summed E-state index contributed by atoms with van der Waals surface area (Å²) >= 11 is 0. The van der Waals surface area contributed by atoms with Gasteiger partial charge in [-0.15, -0.1) is 0 Å². The second-order valence-corrected chi connectivity index (χ2v) is 8.71. The summed E-state index contributed by atoms with van der Waals surface area (Å²) in [6, 6.07) is 0. The van der Waals surface area contributed by atoms with Gasteiger partial charge in [0.15, 0.2) is 5.76 Å². The number of esters is 1. The Kier molecular flexibility index (Phi) is 3.71. The summed E-state index contributed by atoms with van der Waals surface area (Å²) < 4.78 is 5.60. The Balaban J connectivity index is 1.95. The average molecular weight is 360 g/mol. The number of fused-ring (bicyclic) bond motifs is 6. The molecule has 0 unspecified atom stereocenters. The molecule has 1 aliphatic heterocycles. The Morgan fingerprint density at radius 3 is 2.69 bits per heavy atom. The molecule has 2 bridgehead atoms. The molecule has 2 N–H and O–H groups in total. The first-order valence-electron chi connectivity index (χ1n) is 9.25. The molecule has 6 heteroatoms. The Hall–Kier alpha value is -1.95. The molecule has 4 rings (SSSR count). The van der Waals surface area contributed by atoms with Crippen LogP contribution in [0.3, 0.4) is 0 Å². The summed E-state index contributed by atoms with van der Waals surface area (Å²) in [6.07, 6.45) is 4.56. The average Bonchev–Trinajstić information content (AvgIpc) is 2.58. The van der Waals surface area contributed by atoms with E-state index >= 15 is 0 Å². The van der Waals surface area contributed by atoms with Crippen LogP contribution in [0.4, 0.5) is 0 Å². The highest BCUT2D eigenvalue weighted by molar-refractivity contribution is 6.10. The largest absolute Gasteiger partial charge is 0.504 e. The third kappa shape index (κ3) is 2.05. The van der Waals surface area contributed by atoms with Crippen molar-refractivity contribution < 1.29 is 29.3 Å². The van der Waals surface area contributed by atoms with Crippen LogP contribution in [-0.4, -0.2) is 41.0 Å². The minimum Gasteiger partial charge on any atom is -0.504 e. The molecular weight excluding hydrogens is 336 g/mol. The van der Waals surface area contributed by atoms with Gasteiger partial charge in [0, 0.05) is 11.5 Å². The van der Waals surface area contributed by atoms with Gasteiger partial charge in [0.25, 0.3) is 0 Å². The third-order valence-electron chi connectivity index (χ3n) is 6.90. The maximum Gasteiger partial charge on any atom is 0.312 e. The highest BCUT2D eigenvalue weighted by atomic mass is 16.5. The zero-order valence-corrected chi connectivity index (χ0v) is 15.0. The van der Waals surface area contributed by atoms with Gasteiger partial charge in [-0.2, -0.15) is 0 Å². The van der Waals surface area contributed by atoms with Crippen LogP contribution in [0.25, 0.3) is 0 Å². The van der Waals surface area contributed by atoms with Gasteiger partial charge in [-0.3, -0.25) is 9.59 Å². The number of ketones is 1. The van der Waals surface area contributed by atoms with Crippen molar-refractivity contribution in [3.63, 3.8) is 0 Å². The van der Waals surface area contributed by atoms with E-state index < -0.39 is 40.5 Å². The number of allylic oxidation sites excluding steroid dienone is 3. The molecule has 1 saturated carbocycles. The molecular formula is C20H24O6. The maximum absolute atomic E-state index is 13.0. The fraction of sp³-hybridized carbons (Fsp3) is 0.650. The molecule has 0 aromatic heterocycles. The van der Waals surface area contributed by atoms with Crippen molar-refractivity contribution in [2.24, 2.45) is 28.6 Å². The summed E-state index contributed by atoms with van der Waals surface area (Å²) in [7, 11) is 0. The Morgan fingerprint density at radius 1 is 1.31 bits per heavy atom. The molecule has 26 heavy (non-hydrogen) atoms. The first kappa shape index (κ1) is 17.5. The van der Waals surface area contributed by atoms with Crippen molar-refractivity contribution in [1.82, 2.24) is 0 Å². The van der Waals surface area contributed by atoms with Crippen LogP contribution < -0.4 is 0 Å². The molecule has 1 heterocycles. The highest BCUT2D eigenvalue weighted by Crippen LogP contribution is 2.61. The van der Waals surface area contributed by atoms with E-state index in [0.717, 1.165) is 19.1 Å². The quantitative estimate of drug-likeness (QED) is 0.576. The standard InChI is InChI=1S/C20H24O6/c1-19(2)4-3-5-20(9-22)14-11(15(23)16(24)17(19)20)6-10-7-13(14)26-18(25)12(10)8-21/h6,9-10,12-14,21,24H,3-5,7-8H2,1-2H3/t10-,12+,13-,14-,20+/m0/s1. The van der Waals surface area contributed by atoms with Crippen molar-refractivity contribution in [3.8, 4) is 0 Å². The van der Waals surface area contributed by atoms with Crippen LogP contribution in [0.2, 0.25) is 0 Å². The number of aliphatic hydroxyl groups excluding tert-OH is 2. The lowest BCUT2D eigenvalue weighted by atomic mass is 9.48. The minimum absolute atomic E-state index is 0.309. The summed E-state index contributed by atoms with van der Waals surface area (Å²) in [5, 5.41) is 20.3. The maximum atomic E-state index is 13.0. The first-order chi connectivity index (χ1) is 12.3. The third-order valence-corrected chi connectivity index (χ3v) is 6.90. The lowest BCUT2D eigenvalue weighted by Crippen LogP contribution is -2.57. The van der Waals surface area contributed by atoms with E-state index in [1.807, 2.05) is 13.8 Å². The molecule has 6 nitrogen and oxygen atoms in total. The number of carbonyl (C=O) groups excluding carboxylic acids is 3. The molecule has 4 aliphatic rings. The lowest BCUT2D eigenvalue weighted by molar-refractivity contribution is -0.175. The SMILES string of the molecule is CC1(C)CCC[C@]2(C=O)C1=C(O)C(=O)C1=C[C@H]3C[C@H](OC(=O)[C@@H]3CO)[C@H]12. The minimum atomic E-state index is -1.02. The molecule has 3 aliphatic carbocycles. The predicted octanol–water partition coefficient (Wildman–Crippen LogP) is 1.87. The van der Waals surface area contributed by atoms with Crippen LogP contribution >= 0.6 is 0 Å². The highest BCUT2D eigenvalue weighted by Gasteiger charge is 2.62. The van der Waals surface area contributed by atoms with E-state index in [1.165, 1.54) is 0 Å². The molecule has 0 aromatic carbocycles. The van der Waals surface area contributed by atoms with Gasteiger partial charge < -0.3 is 19.7 Å². The van der Waals surface area contributed by atoms with Gasteiger partial charge in [-0.25, -0.2) is 0 Å². The van der Waals surface area contributed by atoms with Crippen LogP contribution in [0.5, 0.6) is 0 Å². The predicted molar refractivity (Wildman–Crippen MR) is 90.9 cm³/mol. The van der Waals surface area contributed by atoms with Crippen molar-refractivity contribution >= 4 is 18.0 Å². The normalized spacial score (nSPS) is 41.0. The topological polar surface area (TPSA) is 101 Å². The van der Waals surface area contributed by atoms with Crippen LogP contribution in [-0.2, 0) is 19.1 Å². The monoisotopic (exact) mass is 360 g/mol. The van der Waals surface area contributed by atoms with E-state index in [9.17, 15) is 24.6 Å². The lowest BCUT2D eigenvalue weighted by Gasteiger charge is -2.55. The molecule has 140 valence electrons. The van der Waals surface area contributed by atoms with Crippen molar-refractivity contribution in [3.05, 3.63) is 23.0 Å². The second-order valence-electron chi connectivity index (χ2n) is 8.71. The number of Topliss-reactive ketones (excluding diaryl/α,β-unsaturated/α-hetero) is 1. The Morgan fingerprint density at radius 2 is 2.04 bits per heavy atom. The first-order valence-corrected chi connectivity index (χ1v) is 9.25. The van der Waals surface area contributed by atoms with E-state index in [4.69, 9.17) is 4.74 Å². The number of ether oxygens (including phenoxy) is 1. The summed E-state index contributed by atoms with van der Waals surface area (Å²) in [5.41, 5.74) is -0.637. The van der Waals surface area contributed by atoms with Gasteiger partial charge in [-0.1, -0.05) is 26.3 Å². The number of aldehydes is 1. The van der Waals surface area contributed by atoms with E-state index in [2.05, 4.69) is 0 Å². The van der Waals surface area contributed by atoms with Gasteiger partial charge in [-0.05, 0) is 36.2 Å². The zero-order chi connectivity index (χ0) is 18.9. The van der Waals surface area contributed by atoms with Crippen molar-refractivity contribution in [1.29, 1.82) is 0 Å². The molecule has 5 atom stereocenters. The van der Waals surface area contributed by atoms with E-state index in [0.29, 0.717) is 24.0 Å². The van der Waals surface area contributed by atoms with Gasteiger partial charge >= 0.3 is 5.97 Å². The molecule has 2 fully saturated rings. The van der Waals surface area contributed by atoms with E-state index in [-0.39, 0.29) is 18.3 Å². The zero-order valence-electron chi connectivity index (χ0n) is 15.0. The summed E-state index contributed by atoms with van der Waals surface area (Å²) in [6.45, 7) is 3.54.